The number of hydrogen-bond donors (Lipinski definition) is 4. The first kappa shape index (κ1) is 14.1. The van der Waals surface area contributed by atoms with Crippen molar-refractivity contribution in [2.45, 2.75) is 13.0 Å². The van der Waals surface area contributed by atoms with Crippen LogP contribution in [0, 0.1) is 0 Å². The van der Waals surface area contributed by atoms with Gasteiger partial charge in [0.15, 0.2) is 5.65 Å². The van der Waals surface area contributed by atoms with Gasteiger partial charge in [-0.2, -0.15) is 19.9 Å². The van der Waals surface area contributed by atoms with E-state index in [-0.39, 0.29) is 5.95 Å². The maximum Gasteiger partial charge on any atom is 0.224 e. The normalized spacial score (nSPS) is 12.7. The number of anilines is 2. The second-order valence-corrected chi connectivity index (χ2v) is 5.03. The molecule has 0 amide bonds. The van der Waals surface area contributed by atoms with Crippen LogP contribution < -0.4 is 16.9 Å². The molecule has 0 fully saturated rings. The first-order valence-corrected chi connectivity index (χ1v) is 6.69. The molecule has 0 bridgehead atoms. The van der Waals surface area contributed by atoms with E-state index in [9.17, 15) is 5.11 Å². The molecule has 10 nitrogen and oxygen atoms in total. The Labute approximate surface area is 125 Å². The number of aromatic nitrogens is 6. The van der Waals surface area contributed by atoms with E-state index in [4.69, 9.17) is 11.6 Å². The van der Waals surface area contributed by atoms with E-state index in [0.717, 1.165) is 4.79 Å². The number of fused-ring (bicyclic) bond motifs is 1. The van der Waals surface area contributed by atoms with Gasteiger partial charge >= 0.3 is 0 Å². The van der Waals surface area contributed by atoms with Crippen molar-refractivity contribution in [1.29, 1.82) is 0 Å². The third kappa shape index (κ3) is 2.39. The second kappa shape index (κ2) is 5.15. The molecule has 22 heavy (non-hydrogen) atoms. The SMILES string of the molecule is CC(O)CNc1nc(N)nc2c1c(-c1ccn(C)n1)nn2N. The smallest absolute Gasteiger partial charge is 0.224 e. The fourth-order valence-corrected chi connectivity index (χ4v) is 2.15. The molecule has 0 radical (unpaired) electrons. The maximum atomic E-state index is 9.45. The quantitative estimate of drug-likeness (QED) is 0.463. The van der Waals surface area contributed by atoms with Gasteiger partial charge in [0.25, 0.3) is 0 Å². The largest absolute Gasteiger partial charge is 0.392 e. The van der Waals surface area contributed by atoms with Crippen LogP contribution in [-0.4, -0.2) is 47.4 Å². The molecule has 3 rings (SSSR count). The number of hydrogen-bond acceptors (Lipinski definition) is 8. The van der Waals surface area contributed by atoms with Gasteiger partial charge in [-0.1, -0.05) is 0 Å². The third-order valence-electron chi connectivity index (χ3n) is 3.09. The van der Waals surface area contributed by atoms with Crippen LogP contribution in [0.4, 0.5) is 11.8 Å². The van der Waals surface area contributed by atoms with Gasteiger partial charge < -0.3 is 22.0 Å². The Morgan fingerprint density at radius 1 is 1.36 bits per heavy atom. The van der Waals surface area contributed by atoms with E-state index in [1.807, 2.05) is 13.1 Å². The summed E-state index contributed by atoms with van der Waals surface area (Å²) in [7, 11) is 1.81. The first-order chi connectivity index (χ1) is 10.5. The molecule has 0 saturated carbocycles. The molecule has 0 spiro atoms. The summed E-state index contributed by atoms with van der Waals surface area (Å²) in [5.41, 5.74) is 7.29. The summed E-state index contributed by atoms with van der Waals surface area (Å²) in [5, 5.41) is 21.7. The van der Waals surface area contributed by atoms with Crippen LogP contribution in [0.25, 0.3) is 22.4 Å². The molecule has 6 N–H and O–H groups in total. The summed E-state index contributed by atoms with van der Waals surface area (Å²) in [6.45, 7) is 1.98. The van der Waals surface area contributed by atoms with Crippen molar-refractivity contribution in [3.05, 3.63) is 12.3 Å². The average molecular weight is 303 g/mol. The summed E-state index contributed by atoms with van der Waals surface area (Å²) < 4.78 is 1.66. The van der Waals surface area contributed by atoms with Gasteiger partial charge in [0.2, 0.25) is 5.95 Å². The van der Waals surface area contributed by atoms with E-state index in [1.165, 1.54) is 0 Å². The number of aliphatic hydroxyl groups excluding tert-OH is 1. The van der Waals surface area contributed by atoms with Gasteiger partial charge in [-0.05, 0) is 13.0 Å². The van der Waals surface area contributed by atoms with Gasteiger partial charge in [-0.25, -0.2) is 0 Å². The van der Waals surface area contributed by atoms with E-state index in [0.29, 0.717) is 34.8 Å². The summed E-state index contributed by atoms with van der Waals surface area (Å²) in [5.74, 6) is 6.39. The van der Waals surface area contributed by atoms with Gasteiger partial charge in [0.05, 0.1) is 11.5 Å². The number of nitrogens with two attached hydrogens (primary N) is 2. The molecule has 116 valence electrons. The standard InChI is InChI=1S/C12H17N9O/c1-6(22)5-15-10-8-9(7-3-4-20(2)18-7)19-21(14)11(8)17-12(13)16-10/h3-4,6,22H,5,14H2,1-2H3,(H3,13,15,16,17). The minimum Gasteiger partial charge on any atom is -0.392 e. The van der Waals surface area contributed by atoms with Crippen LogP contribution in [0.2, 0.25) is 0 Å². The van der Waals surface area contributed by atoms with E-state index < -0.39 is 6.10 Å². The van der Waals surface area contributed by atoms with E-state index in [1.54, 1.807) is 17.8 Å². The van der Waals surface area contributed by atoms with Crippen LogP contribution in [0.15, 0.2) is 12.3 Å². The number of nitrogen functional groups attached to an aromatic ring is 2. The van der Waals surface area contributed by atoms with Crippen LogP contribution in [0.1, 0.15) is 6.92 Å². The summed E-state index contributed by atoms with van der Waals surface area (Å²) in [4.78, 5) is 9.45. The van der Waals surface area contributed by atoms with Crippen LogP contribution in [0.5, 0.6) is 0 Å². The Morgan fingerprint density at radius 3 is 2.77 bits per heavy atom. The zero-order valence-electron chi connectivity index (χ0n) is 12.2. The molecule has 0 saturated heterocycles. The fraction of sp³-hybridized carbons (Fsp3) is 0.333. The van der Waals surface area contributed by atoms with Crippen LogP contribution in [0.3, 0.4) is 0 Å². The minimum absolute atomic E-state index is 0.0692. The zero-order chi connectivity index (χ0) is 15.9. The van der Waals surface area contributed by atoms with Gasteiger partial charge in [0.1, 0.15) is 17.2 Å². The summed E-state index contributed by atoms with van der Waals surface area (Å²) >= 11 is 0. The first-order valence-electron chi connectivity index (χ1n) is 6.69. The molecular weight excluding hydrogens is 286 g/mol. The lowest BCUT2D eigenvalue weighted by molar-refractivity contribution is 0.208. The third-order valence-corrected chi connectivity index (χ3v) is 3.09. The molecule has 0 aliphatic rings. The molecule has 0 aliphatic carbocycles. The molecule has 1 atom stereocenters. The average Bonchev–Trinajstić information content (AvgIpc) is 3.01. The number of aliphatic hydroxyl groups is 1. The van der Waals surface area contributed by atoms with Gasteiger partial charge in [-0.15, -0.1) is 5.10 Å². The second-order valence-electron chi connectivity index (χ2n) is 5.03. The molecule has 1 unspecified atom stereocenters. The summed E-state index contributed by atoms with van der Waals surface area (Å²) in [6, 6.07) is 1.82. The highest BCUT2D eigenvalue weighted by molar-refractivity contribution is 5.99. The predicted molar refractivity (Wildman–Crippen MR) is 82.3 cm³/mol. The Hall–Kier alpha value is -2.88. The molecule has 10 heteroatoms. The number of nitrogens with zero attached hydrogens (tertiary/aromatic N) is 6. The van der Waals surface area contributed by atoms with Crippen LogP contribution >= 0.6 is 0 Å². The topological polar surface area (TPSA) is 146 Å². The Bertz CT molecular complexity index is 819. The van der Waals surface area contributed by atoms with Crippen molar-refractivity contribution in [3.8, 4) is 11.4 Å². The lowest BCUT2D eigenvalue weighted by Crippen LogP contribution is -2.17. The van der Waals surface area contributed by atoms with Crippen molar-refractivity contribution in [2.24, 2.45) is 7.05 Å². The van der Waals surface area contributed by atoms with Crippen LogP contribution in [-0.2, 0) is 7.05 Å². The predicted octanol–water partition coefficient (Wildman–Crippen LogP) is -0.685. The van der Waals surface area contributed by atoms with E-state index in [2.05, 4.69) is 25.5 Å². The summed E-state index contributed by atoms with van der Waals surface area (Å²) in [6.07, 6.45) is 1.26. The molecule has 0 aromatic carbocycles. The number of nitrogens with one attached hydrogen (secondary N) is 1. The maximum absolute atomic E-state index is 9.45. The van der Waals surface area contributed by atoms with Crippen molar-refractivity contribution in [3.63, 3.8) is 0 Å². The Balaban J connectivity index is 2.20. The van der Waals surface area contributed by atoms with Gasteiger partial charge in [0, 0.05) is 19.8 Å². The van der Waals surface area contributed by atoms with Crippen molar-refractivity contribution in [2.75, 3.05) is 23.4 Å². The number of rotatable bonds is 4. The lowest BCUT2D eigenvalue weighted by Gasteiger charge is -2.09. The molecule has 0 aliphatic heterocycles. The Morgan fingerprint density at radius 2 is 2.14 bits per heavy atom. The molecule has 3 heterocycles. The van der Waals surface area contributed by atoms with Gasteiger partial charge in [-0.3, -0.25) is 4.68 Å². The zero-order valence-corrected chi connectivity index (χ0v) is 12.2. The van der Waals surface area contributed by atoms with E-state index >= 15 is 0 Å². The van der Waals surface area contributed by atoms with Crippen molar-refractivity contribution < 1.29 is 5.11 Å². The lowest BCUT2D eigenvalue weighted by atomic mass is 10.2. The molecule has 3 aromatic heterocycles. The highest BCUT2D eigenvalue weighted by Gasteiger charge is 2.20. The Kier molecular flexibility index (Phi) is 3.29. The minimum atomic E-state index is -0.544. The molecule has 3 aromatic rings. The molecular formula is C12H17N9O. The van der Waals surface area contributed by atoms with Crippen molar-refractivity contribution in [1.82, 2.24) is 29.6 Å². The monoisotopic (exact) mass is 303 g/mol. The fourth-order valence-electron chi connectivity index (χ4n) is 2.15. The van der Waals surface area contributed by atoms with Crippen molar-refractivity contribution >= 4 is 22.8 Å². The highest BCUT2D eigenvalue weighted by Crippen LogP contribution is 2.30. The number of aryl methyl sites for hydroxylation is 1. The highest BCUT2D eigenvalue weighted by atomic mass is 16.3.